The van der Waals surface area contributed by atoms with Crippen LogP contribution < -0.4 is 4.90 Å². The van der Waals surface area contributed by atoms with E-state index in [9.17, 15) is 14.9 Å². The molecule has 18 heavy (non-hydrogen) atoms. The summed E-state index contributed by atoms with van der Waals surface area (Å²) < 4.78 is 0. The maximum Gasteiger partial charge on any atom is 0.323 e. The Bertz CT molecular complexity index is 526. The Morgan fingerprint density at radius 1 is 1.67 bits per heavy atom. The number of anilines is 1. The Balaban J connectivity index is 3.30. The molecule has 1 heterocycles. The van der Waals surface area contributed by atoms with E-state index in [0.29, 0.717) is 0 Å². The van der Waals surface area contributed by atoms with E-state index in [0.717, 1.165) is 11.1 Å². The molecule has 8 heteroatoms. The molecule has 0 spiro atoms. The Morgan fingerprint density at radius 3 is 2.83 bits per heavy atom. The number of halogens is 1. The predicted octanol–water partition coefficient (Wildman–Crippen LogP) is 1.17. The van der Waals surface area contributed by atoms with Crippen LogP contribution in [0.4, 0.5) is 11.4 Å². The highest BCUT2D eigenvalue weighted by atomic mass is 35.5. The number of hydrogen-bond acceptors (Lipinski definition) is 5. The van der Waals surface area contributed by atoms with Crippen LogP contribution in [0.2, 0.25) is 5.02 Å². The van der Waals surface area contributed by atoms with Gasteiger partial charge in [-0.25, -0.2) is 0 Å². The van der Waals surface area contributed by atoms with E-state index in [1.165, 1.54) is 6.20 Å². The van der Waals surface area contributed by atoms with E-state index in [2.05, 4.69) is 10.9 Å². The second kappa shape index (κ2) is 5.84. The Hall–Kier alpha value is -2.33. The number of carboxylic acids is 1. The molecular weight excluding hydrogens is 262 g/mol. The van der Waals surface area contributed by atoms with Gasteiger partial charge in [0.05, 0.1) is 16.5 Å². The van der Waals surface area contributed by atoms with Crippen molar-refractivity contribution in [3.63, 3.8) is 0 Å². The van der Waals surface area contributed by atoms with Gasteiger partial charge in [0.2, 0.25) is 0 Å². The molecule has 0 atom stereocenters. The number of aromatic nitrogens is 1. The summed E-state index contributed by atoms with van der Waals surface area (Å²) in [6.07, 6.45) is 7.29. The molecule has 1 aromatic rings. The number of carboxylic acid groups (broad SMARTS) is 1. The van der Waals surface area contributed by atoms with Gasteiger partial charge in [-0.1, -0.05) is 17.5 Å². The van der Waals surface area contributed by atoms with Gasteiger partial charge in [0.25, 0.3) is 0 Å². The Morgan fingerprint density at radius 2 is 2.33 bits per heavy atom. The quantitative estimate of drug-likeness (QED) is 0.489. The lowest BCUT2D eigenvalue weighted by Crippen LogP contribution is -2.30. The highest BCUT2D eigenvalue weighted by Gasteiger charge is 2.24. The SMILES string of the molecule is C#CCN(CC(=O)O)c1c(Cl)cncc1[N+](=O)[O-]. The summed E-state index contributed by atoms with van der Waals surface area (Å²) >= 11 is 5.82. The van der Waals surface area contributed by atoms with Crippen LogP contribution in [0.5, 0.6) is 0 Å². The minimum Gasteiger partial charge on any atom is -0.480 e. The summed E-state index contributed by atoms with van der Waals surface area (Å²) in [7, 11) is 0. The molecule has 0 bridgehead atoms. The normalized spacial score (nSPS) is 9.56. The number of nitrogens with zero attached hydrogens (tertiary/aromatic N) is 3. The van der Waals surface area contributed by atoms with Gasteiger partial charge < -0.3 is 10.0 Å². The monoisotopic (exact) mass is 269 g/mol. The lowest BCUT2D eigenvalue weighted by atomic mass is 10.3. The van der Waals surface area contributed by atoms with Gasteiger partial charge in [-0.2, -0.15) is 0 Å². The first kappa shape index (κ1) is 13.7. The van der Waals surface area contributed by atoms with Crippen molar-refractivity contribution in [3.05, 3.63) is 27.5 Å². The topological polar surface area (TPSA) is 96.6 Å². The van der Waals surface area contributed by atoms with Crippen molar-refractivity contribution in [1.82, 2.24) is 4.98 Å². The second-order valence-electron chi connectivity index (χ2n) is 3.20. The molecule has 0 aliphatic carbocycles. The highest BCUT2D eigenvalue weighted by molar-refractivity contribution is 6.33. The molecule has 1 rings (SSSR count). The van der Waals surface area contributed by atoms with E-state index < -0.39 is 17.4 Å². The minimum absolute atomic E-state index is 0.0271. The number of hydrogen-bond donors (Lipinski definition) is 1. The molecule has 0 aromatic carbocycles. The van der Waals surface area contributed by atoms with Crippen LogP contribution in [0.25, 0.3) is 0 Å². The Labute approximate surface area is 107 Å². The lowest BCUT2D eigenvalue weighted by Gasteiger charge is -2.20. The van der Waals surface area contributed by atoms with Gasteiger partial charge in [-0.05, 0) is 0 Å². The van der Waals surface area contributed by atoms with Gasteiger partial charge in [0.1, 0.15) is 18.4 Å². The van der Waals surface area contributed by atoms with Crippen molar-refractivity contribution in [1.29, 1.82) is 0 Å². The van der Waals surface area contributed by atoms with Crippen LogP contribution in [-0.2, 0) is 4.79 Å². The number of carbonyl (C=O) groups is 1. The first-order valence-corrected chi connectivity index (χ1v) is 5.03. The number of nitro groups is 1. The van der Waals surface area contributed by atoms with Crippen LogP contribution in [0.15, 0.2) is 12.4 Å². The van der Waals surface area contributed by atoms with Crippen LogP contribution in [0, 0.1) is 22.5 Å². The van der Waals surface area contributed by atoms with Crippen LogP contribution in [-0.4, -0.2) is 34.1 Å². The number of pyridine rings is 1. The van der Waals surface area contributed by atoms with Gasteiger partial charge in [-0.15, -0.1) is 6.42 Å². The van der Waals surface area contributed by atoms with Gasteiger partial charge >= 0.3 is 11.7 Å². The zero-order chi connectivity index (χ0) is 13.7. The fourth-order valence-corrected chi connectivity index (χ4v) is 1.62. The summed E-state index contributed by atoms with van der Waals surface area (Å²) in [5.41, 5.74) is -0.434. The number of terminal acetylenes is 1. The summed E-state index contributed by atoms with van der Waals surface area (Å²) in [6.45, 7) is -0.606. The average molecular weight is 270 g/mol. The lowest BCUT2D eigenvalue weighted by molar-refractivity contribution is -0.384. The van der Waals surface area contributed by atoms with Crippen LogP contribution >= 0.6 is 11.6 Å². The van der Waals surface area contributed by atoms with Gasteiger partial charge in [0.15, 0.2) is 0 Å². The molecule has 0 aliphatic rings. The van der Waals surface area contributed by atoms with Crippen molar-refractivity contribution < 1.29 is 14.8 Å². The minimum atomic E-state index is -1.17. The van der Waals surface area contributed by atoms with Crippen LogP contribution in [0.1, 0.15) is 0 Å². The smallest absolute Gasteiger partial charge is 0.323 e. The molecule has 0 amide bonds. The maximum absolute atomic E-state index is 10.8. The van der Waals surface area contributed by atoms with E-state index in [1.54, 1.807) is 0 Å². The molecular formula is C10H8ClN3O4. The highest BCUT2D eigenvalue weighted by Crippen LogP contribution is 2.34. The van der Waals surface area contributed by atoms with Crippen molar-refractivity contribution in [2.75, 3.05) is 18.0 Å². The second-order valence-corrected chi connectivity index (χ2v) is 3.61. The average Bonchev–Trinajstić information content (AvgIpc) is 2.27. The van der Waals surface area contributed by atoms with Crippen molar-refractivity contribution in [2.45, 2.75) is 0 Å². The molecule has 0 saturated carbocycles. The molecule has 7 nitrogen and oxygen atoms in total. The van der Waals surface area contributed by atoms with Gasteiger partial charge in [-0.3, -0.25) is 19.9 Å². The number of aliphatic carboxylic acids is 1. The summed E-state index contributed by atoms with van der Waals surface area (Å²) in [5.74, 6) is 1.05. The van der Waals surface area contributed by atoms with Crippen molar-refractivity contribution >= 4 is 28.9 Å². The third-order valence-electron chi connectivity index (χ3n) is 1.97. The summed E-state index contributed by atoms with van der Waals surface area (Å²) in [4.78, 5) is 25.6. The van der Waals surface area contributed by atoms with E-state index in [4.69, 9.17) is 23.1 Å². The first-order chi connectivity index (χ1) is 8.47. The fraction of sp³-hybridized carbons (Fsp3) is 0.200. The third-order valence-corrected chi connectivity index (χ3v) is 2.25. The van der Waals surface area contributed by atoms with Crippen molar-refractivity contribution in [3.8, 4) is 12.3 Å². The van der Waals surface area contributed by atoms with Crippen molar-refractivity contribution in [2.24, 2.45) is 0 Å². The molecule has 1 N–H and O–H groups in total. The molecule has 94 valence electrons. The third kappa shape index (κ3) is 3.09. The van der Waals surface area contributed by atoms with E-state index in [-0.39, 0.29) is 22.9 Å². The molecule has 0 radical (unpaired) electrons. The zero-order valence-electron chi connectivity index (χ0n) is 9.04. The van der Waals surface area contributed by atoms with E-state index in [1.807, 2.05) is 0 Å². The molecule has 1 aromatic heterocycles. The largest absolute Gasteiger partial charge is 0.480 e. The zero-order valence-corrected chi connectivity index (χ0v) is 9.79. The van der Waals surface area contributed by atoms with Crippen LogP contribution in [0.3, 0.4) is 0 Å². The summed E-state index contributed by atoms with van der Waals surface area (Å²) in [5, 5.41) is 19.6. The predicted molar refractivity (Wildman–Crippen MR) is 64.6 cm³/mol. The number of rotatable bonds is 5. The molecule has 0 aliphatic heterocycles. The first-order valence-electron chi connectivity index (χ1n) is 4.65. The molecule has 0 unspecified atom stereocenters. The van der Waals surface area contributed by atoms with E-state index >= 15 is 0 Å². The summed E-state index contributed by atoms with van der Waals surface area (Å²) in [6, 6.07) is 0. The molecule has 0 fully saturated rings. The fourth-order valence-electron chi connectivity index (χ4n) is 1.35. The van der Waals surface area contributed by atoms with Gasteiger partial charge in [0, 0.05) is 6.20 Å². The maximum atomic E-state index is 10.8. The standard InChI is InChI=1S/C10H8ClN3O4/c1-2-3-13(6-9(15)16)10-7(11)4-12-5-8(10)14(17)18/h1,4-5H,3,6H2,(H,15,16). The Kier molecular flexibility index (Phi) is 4.45. The molecule has 0 saturated heterocycles.